The van der Waals surface area contributed by atoms with Crippen LogP contribution in [0.2, 0.25) is 0 Å². The molecule has 9 heteroatoms. The monoisotopic (exact) mass is 348 g/mol. The number of benzene rings is 1. The van der Waals surface area contributed by atoms with Crippen molar-refractivity contribution in [3.05, 3.63) is 47.5 Å². The molecule has 1 fully saturated rings. The van der Waals surface area contributed by atoms with Gasteiger partial charge in [-0.15, -0.1) is 0 Å². The zero-order chi connectivity index (χ0) is 18.2. The minimum absolute atomic E-state index is 0.0979. The molecule has 1 aliphatic rings. The number of halogens is 1. The first-order valence-corrected chi connectivity index (χ1v) is 7.55. The highest BCUT2D eigenvalue weighted by molar-refractivity contribution is 5.88. The van der Waals surface area contributed by atoms with Crippen molar-refractivity contribution in [3.8, 4) is 5.69 Å². The van der Waals surface area contributed by atoms with E-state index in [0.717, 1.165) is 0 Å². The van der Waals surface area contributed by atoms with Crippen molar-refractivity contribution in [3.63, 3.8) is 0 Å². The van der Waals surface area contributed by atoms with Crippen LogP contribution in [-0.2, 0) is 21.6 Å². The van der Waals surface area contributed by atoms with Crippen LogP contribution in [-0.4, -0.2) is 39.5 Å². The van der Waals surface area contributed by atoms with Gasteiger partial charge in [0.15, 0.2) is 0 Å². The third kappa shape index (κ3) is 2.82. The Hall–Kier alpha value is -2.94. The van der Waals surface area contributed by atoms with Crippen molar-refractivity contribution >= 4 is 12.0 Å². The van der Waals surface area contributed by atoms with Crippen LogP contribution in [0.5, 0.6) is 0 Å². The largest absolute Gasteiger partial charge is 0.443 e. The van der Waals surface area contributed by atoms with Gasteiger partial charge in [-0.1, -0.05) is 6.07 Å². The average molecular weight is 348 g/mol. The Kier molecular flexibility index (Phi) is 4.17. The van der Waals surface area contributed by atoms with E-state index in [4.69, 9.17) is 15.6 Å². The SMILES string of the molecule is CC(C(N)=O)(c1ccc(-n2cc(CO)cn2)c(F)c1)C1CNC(=O)O1. The Morgan fingerprint density at radius 3 is 2.88 bits per heavy atom. The molecule has 1 aromatic heterocycles. The summed E-state index contributed by atoms with van der Waals surface area (Å²) in [4.78, 5) is 23.4. The van der Waals surface area contributed by atoms with Crippen molar-refractivity contribution in [2.75, 3.05) is 6.54 Å². The minimum Gasteiger partial charge on any atom is -0.443 e. The number of carbonyl (C=O) groups excluding carboxylic acids is 2. The zero-order valence-electron chi connectivity index (χ0n) is 13.4. The van der Waals surface area contributed by atoms with Gasteiger partial charge in [-0.2, -0.15) is 5.10 Å². The standard InChI is InChI=1S/C16H17FN4O4/c1-16(14(18)23,13-6-19-15(24)25-13)10-2-3-12(11(17)4-10)21-7-9(8-22)5-20-21/h2-5,7,13,22H,6,8H2,1H3,(H2,18,23)(H,19,24). The van der Waals surface area contributed by atoms with E-state index in [0.29, 0.717) is 5.56 Å². The summed E-state index contributed by atoms with van der Waals surface area (Å²) in [6.07, 6.45) is 1.43. The molecule has 132 valence electrons. The summed E-state index contributed by atoms with van der Waals surface area (Å²) in [5, 5.41) is 15.5. The number of ether oxygens (including phenoxy) is 1. The highest BCUT2D eigenvalue weighted by Crippen LogP contribution is 2.32. The van der Waals surface area contributed by atoms with E-state index in [1.807, 2.05) is 0 Å². The van der Waals surface area contributed by atoms with E-state index in [1.165, 1.54) is 42.2 Å². The number of aliphatic hydroxyl groups is 1. The summed E-state index contributed by atoms with van der Waals surface area (Å²) < 4.78 is 21.0. The first-order valence-electron chi connectivity index (χ1n) is 7.55. The Morgan fingerprint density at radius 2 is 2.36 bits per heavy atom. The Bertz CT molecular complexity index is 837. The van der Waals surface area contributed by atoms with E-state index in [9.17, 15) is 14.0 Å². The minimum atomic E-state index is -1.39. The lowest BCUT2D eigenvalue weighted by molar-refractivity contribution is -0.126. The van der Waals surface area contributed by atoms with Crippen LogP contribution in [0.1, 0.15) is 18.1 Å². The van der Waals surface area contributed by atoms with Gasteiger partial charge in [0.05, 0.1) is 19.3 Å². The fourth-order valence-corrected chi connectivity index (χ4v) is 2.79. The van der Waals surface area contributed by atoms with Crippen molar-refractivity contribution in [1.82, 2.24) is 15.1 Å². The number of aromatic nitrogens is 2. The number of nitrogens with two attached hydrogens (primary N) is 1. The number of alkyl carbamates (subject to hydrolysis) is 1. The van der Waals surface area contributed by atoms with Gasteiger partial charge in [0.1, 0.15) is 23.0 Å². The van der Waals surface area contributed by atoms with Crippen molar-refractivity contribution in [2.24, 2.45) is 5.73 Å². The van der Waals surface area contributed by atoms with E-state index in [2.05, 4.69) is 10.4 Å². The molecule has 2 heterocycles. The fraction of sp³-hybridized carbons (Fsp3) is 0.312. The molecule has 2 atom stereocenters. The molecule has 0 saturated carbocycles. The maximum atomic E-state index is 14.6. The van der Waals surface area contributed by atoms with Crippen molar-refractivity contribution < 1.29 is 23.8 Å². The third-order valence-electron chi connectivity index (χ3n) is 4.45. The first-order chi connectivity index (χ1) is 11.9. The van der Waals surface area contributed by atoms with Gasteiger partial charge in [0.2, 0.25) is 5.91 Å². The second-order valence-electron chi connectivity index (χ2n) is 5.96. The number of hydrogen-bond acceptors (Lipinski definition) is 5. The number of hydrogen-bond donors (Lipinski definition) is 3. The van der Waals surface area contributed by atoms with Gasteiger partial charge in [-0.05, 0) is 24.6 Å². The summed E-state index contributed by atoms with van der Waals surface area (Å²) in [5.41, 5.74) is 5.11. The van der Waals surface area contributed by atoms with Crippen LogP contribution in [0, 0.1) is 5.82 Å². The number of primary amides is 1. The van der Waals surface area contributed by atoms with Gasteiger partial charge in [-0.3, -0.25) is 4.79 Å². The number of cyclic esters (lactones) is 1. The molecule has 1 saturated heterocycles. The van der Waals surface area contributed by atoms with Crippen LogP contribution in [0.3, 0.4) is 0 Å². The van der Waals surface area contributed by atoms with Gasteiger partial charge in [0.25, 0.3) is 0 Å². The Morgan fingerprint density at radius 1 is 1.60 bits per heavy atom. The smallest absolute Gasteiger partial charge is 0.407 e. The molecule has 4 N–H and O–H groups in total. The molecule has 0 bridgehead atoms. The number of nitrogens with one attached hydrogen (secondary N) is 1. The Labute approximate surface area is 142 Å². The number of carbonyl (C=O) groups is 2. The molecule has 2 amide bonds. The number of amides is 2. The summed E-state index contributed by atoms with van der Waals surface area (Å²) in [6.45, 7) is 1.40. The summed E-state index contributed by atoms with van der Waals surface area (Å²) in [6, 6.07) is 4.16. The molecular formula is C16H17FN4O4. The summed E-state index contributed by atoms with van der Waals surface area (Å²) >= 11 is 0. The summed E-state index contributed by atoms with van der Waals surface area (Å²) in [5.74, 6) is -1.36. The van der Waals surface area contributed by atoms with E-state index in [1.54, 1.807) is 0 Å². The number of rotatable bonds is 5. The molecule has 2 aromatic rings. The molecule has 8 nitrogen and oxygen atoms in total. The molecule has 1 aromatic carbocycles. The molecular weight excluding hydrogens is 331 g/mol. The van der Waals surface area contributed by atoms with E-state index >= 15 is 0 Å². The normalized spacial score (nSPS) is 19.2. The predicted octanol–water partition coefficient (Wildman–Crippen LogP) is 0.355. The van der Waals surface area contributed by atoms with E-state index < -0.39 is 29.3 Å². The summed E-state index contributed by atoms with van der Waals surface area (Å²) in [7, 11) is 0. The maximum absolute atomic E-state index is 14.6. The third-order valence-corrected chi connectivity index (χ3v) is 4.45. The fourth-order valence-electron chi connectivity index (χ4n) is 2.79. The number of nitrogens with zero attached hydrogens (tertiary/aromatic N) is 2. The van der Waals surface area contributed by atoms with Crippen LogP contribution >= 0.6 is 0 Å². The average Bonchev–Trinajstić information content (AvgIpc) is 3.22. The second kappa shape index (κ2) is 6.17. The molecule has 0 radical (unpaired) electrons. The molecule has 0 spiro atoms. The first kappa shape index (κ1) is 16.9. The van der Waals surface area contributed by atoms with Gasteiger partial charge in [-0.25, -0.2) is 13.9 Å². The Balaban J connectivity index is 2.00. The zero-order valence-corrected chi connectivity index (χ0v) is 13.4. The topological polar surface area (TPSA) is 119 Å². The predicted molar refractivity (Wildman–Crippen MR) is 84.3 cm³/mol. The van der Waals surface area contributed by atoms with Crippen molar-refractivity contribution in [2.45, 2.75) is 25.0 Å². The van der Waals surface area contributed by atoms with Crippen LogP contribution < -0.4 is 11.1 Å². The lowest BCUT2D eigenvalue weighted by Gasteiger charge is -2.31. The molecule has 25 heavy (non-hydrogen) atoms. The second-order valence-corrected chi connectivity index (χ2v) is 5.96. The molecule has 2 unspecified atom stereocenters. The highest BCUT2D eigenvalue weighted by Gasteiger charge is 2.47. The van der Waals surface area contributed by atoms with Gasteiger partial charge < -0.3 is 20.9 Å². The lowest BCUT2D eigenvalue weighted by atomic mass is 9.76. The van der Waals surface area contributed by atoms with Crippen LogP contribution in [0.4, 0.5) is 9.18 Å². The number of aliphatic hydroxyl groups excluding tert-OH is 1. The van der Waals surface area contributed by atoms with Gasteiger partial charge >= 0.3 is 6.09 Å². The molecule has 1 aliphatic heterocycles. The molecule has 0 aliphatic carbocycles. The van der Waals surface area contributed by atoms with Crippen molar-refractivity contribution in [1.29, 1.82) is 0 Å². The highest BCUT2D eigenvalue weighted by atomic mass is 19.1. The van der Waals surface area contributed by atoms with Crippen LogP contribution in [0.15, 0.2) is 30.6 Å². The van der Waals surface area contributed by atoms with Crippen LogP contribution in [0.25, 0.3) is 5.69 Å². The van der Waals surface area contributed by atoms with E-state index in [-0.39, 0.29) is 24.4 Å². The lowest BCUT2D eigenvalue weighted by Crippen LogP contribution is -2.49. The maximum Gasteiger partial charge on any atom is 0.407 e. The van der Waals surface area contributed by atoms with Gasteiger partial charge in [0, 0.05) is 11.8 Å². The molecule has 3 rings (SSSR count). The quantitative estimate of drug-likeness (QED) is 0.720.